The first kappa shape index (κ1) is 18.7. The van der Waals surface area contributed by atoms with Gasteiger partial charge in [-0.05, 0) is 33.6 Å². The van der Waals surface area contributed by atoms with Crippen molar-refractivity contribution >= 4 is 15.6 Å². The van der Waals surface area contributed by atoms with E-state index in [1.54, 1.807) is 6.92 Å². The largest absolute Gasteiger partial charge is 0.790 e. The molecule has 0 aromatic carbocycles. The molecular weight excluding hydrogens is 294 g/mol. The molecule has 0 saturated heterocycles. The molecule has 7 nitrogen and oxygen atoms in total. The highest BCUT2D eigenvalue weighted by molar-refractivity contribution is 7.58. The summed E-state index contributed by atoms with van der Waals surface area (Å²) in [5.41, 5.74) is 2.06. The van der Waals surface area contributed by atoms with Crippen molar-refractivity contribution in [2.75, 3.05) is 6.61 Å². The SMILES string of the molecule is CC(C)=CCC/C(C)=C/COP(=O)([O-])OP(=O)([O-])[O-]. The van der Waals surface area contributed by atoms with Crippen molar-refractivity contribution in [3.05, 3.63) is 23.3 Å². The number of rotatable bonds is 8. The lowest BCUT2D eigenvalue weighted by Crippen LogP contribution is -2.19. The molecule has 1 atom stereocenters. The van der Waals surface area contributed by atoms with E-state index in [1.165, 1.54) is 11.6 Å². The van der Waals surface area contributed by atoms with Gasteiger partial charge in [-0.3, -0.25) is 8.88 Å². The summed E-state index contributed by atoms with van der Waals surface area (Å²) >= 11 is 0. The molecule has 112 valence electrons. The standard InChI is InChI=1S/C10H20O7P2/c1-9(2)5-4-6-10(3)7-8-16-19(14,15)17-18(11,12)13/h5,7H,4,6,8H2,1-3H3,(H,14,15)(H2,11,12,13)/p-3/b10-7+. The van der Waals surface area contributed by atoms with Gasteiger partial charge in [0.05, 0.1) is 14.4 Å². The molecule has 0 radical (unpaired) electrons. The highest BCUT2D eigenvalue weighted by Gasteiger charge is 2.10. The van der Waals surface area contributed by atoms with Crippen molar-refractivity contribution in [2.24, 2.45) is 0 Å². The average Bonchev–Trinajstić information content (AvgIpc) is 2.12. The van der Waals surface area contributed by atoms with Crippen LogP contribution in [-0.2, 0) is 18.0 Å². The van der Waals surface area contributed by atoms with Gasteiger partial charge in [-0.1, -0.05) is 23.3 Å². The van der Waals surface area contributed by atoms with E-state index >= 15 is 0 Å². The van der Waals surface area contributed by atoms with Crippen molar-refractivity contribution in [3.8, 4) is 0 Å². The van der Waals surface area contributed by atoms with Gasteiger partial charge in [-0.15, -0.1) is 0 Å². The van der Waals surface area contributed by atoms with Crippen LogP contribution in [0.3, 0.4) is 0 Å². The van der Waals surface area contributed by atoms with E-state index in [9.17, 15) is 23.8 Å². The van der Waals surface area contributed by atoms with Crippen LogP contribution in [0.1, 0.15) is 33.6 Å². The zero-order valence-corrected chi connectivity index (χ0v) is 12.8. The molecule has 0 heterocycles. The third kappa shape index (κ3) is 12.5. The maximum atomic E-state index is 10.9. The number of hydrogen-bond acceptors (Lipinski definition) is 7. The summed E-state index contributed by atoms with van der Waals surface area (Å²) in [7, 11) is -10.7. The van der Waals surface area contributed by atoms with Gasteiger partial charge in [0.2, 0.25) is 0 Å². The smallest absolute Gasteiger partial charge is 0.272 e. The van der Waals surface area contributed by atoms with Crippen molar-refractivity contribution < 1.29 is 32.6 Å². The number of allylic oxidation sites excluding steroid dienone is 3. The summed E-state index contributed by atoms with van der Waals surface area (Å²) in [5.74, 6) is 0. The number of phosphoric acid groups is 2. The summed E-state index contributed by atoms with van der Waals surface area (Å²) in [6.45, 7) is 5.35. The normalized spacial score (nSPS) is 16.0. The van der Waals surface area contributed by atoms with Gasteiger partial charge < -0.3 is 23.8 Å². The second-order valence-electron chi connectivity index (χ2n) is 4.14. The van der Waals surface area contributed by atoms with E-state index < -0.39 is 15.6 Å². The molecule has 19 heavy (non-hydrogen) atoms. The molecule has 0 fully saturated rings. The Hall–Kier alpha value is -0.260. The minimum Gasteiger partial charge on any atom is -0.790 e. The van der Waals surface area contributed by atoms with Crippen LogP contribution in [0, 0.1) is 0 Å². The lowest BCUT2D eigenvalue weighted by atomic mass is 10.1. The maximum Gasteiger partial charge on any atom is 0.272 e. The highest BCUT2D eigenvalue weighted by Crippen LogP contribution is 2.50. The zero-order valence-electron chi connectivity index (χ0n) is 11.0. The van der Waals surface area contributed by atoms with Crippen molar-refractivity contribution in [1.82, 2.24) is 0 Å². The Morgan fingerprint density at radius 3 is 2.16 bits per heavy atom. The fraction of sp³-hybridized carbons (Fsp3) is 0.600. The molecule has 1 unspecified atom stereocenters. The molecule has 0 aliphatic carbocycles. The van der Waals surface area contributed by atoms with Crippen LogP contribution < -0.4 is 14.7 Å². The van der Waals surface area contributed by atoms with E-state index in [-0.39, 0.29) is 6.61 Å². The molecule has 0 aliphatic heterocycles. The van der Waals surface area contributed by atoms with Crippen molar-refractivity contribution in [3.63, 3.8) is 0 Å². The Kier molecular flexibility index (Phi) is 8.01. The van der Waals surface area contributed by atoms with Crippen LogP contribution in [0.25, 0.3) is 0 Å². The summed E-state index contributed by atoms with van der Waals surface area (Å²) in [6, 6.07) is 0. The lowest BCUT2D eigenvalue weighted by molar-refractivity contribution is -0.339. The van der Waals surface area contributed by atoms with Crippen LogP contribution in [0.4, 0.5) is 0 Å². The van der Waals surface area contributed by atoms with Gasteiger partial charge in [-0.25, -0.2) is 0 Å². The van der Waals surface area contributed by atoms with Gasteiger partial charge in [0.1, 0.15) is 0 Å². The minimum absolute atomic E-state index is 0.374. The predicted octanol–water partition coefficient (Wildman–Crippen LogP) is 1.01. The molecule has 0 spiro atoms. The molecule has 0 saturated carbocycles. The quantitative estimate of drug-likeness (QED) is 0.484. The Morgan fingerprint density at radius 2 is 1.68 bits per heavy atom. The van der Waals surface area contributed by atoms with Gasteiger partial charge in [-0.2, -0.15) is 0 Å². The summed E-state index contributed by atoms with van der Waals surface area (Å²) < 4.78 is 28.5. The molecule has 0 aromatic heterocycles. The van der Waals surface area contributed by atoms with E-state index in [4.69, 9.17) is 0 Å². The average molecular weight is 311 g/mol. The minimum atomic E-state index is -5.61. The molecule has 9 heteroatoms. The Morgan fingerprint density at radius 1 is 1.11 bits per heavy atom. The first-order valence-electron chi connectivity index (χ1n) is 5.50. The van der Waals surface area contributed by atoms with E-state index in [0.717, 1.165) is 18.4 Å². The van der Waals surface area contributed by atoms with Crippen LogP contribution in [0.15, 0.2) is 23.3 Å². The molecule has 0 bridgehead atoms. The Balaban J connectivity index is 4.16. The number of phosphoric ester groups is 1. The molecule has 0 amide bonds. The third-order valence-corrected chi connectivity index (χ3v) is 4.02. The van der Waals surface area contributed by atoms with Crippen LogP contribution in [0.5, 0.6) is 0 Å². The summed E-state index contributed by atoms with van der Waals surface area (Å²) in [4.78, 5) is 31.2. The fourth-order valence-corrected chi connectivity index (χ4v) is 2.53. The van der Waals surface area contributed by atoms with Gasteiger partial charge in [0, 0.05) is 0 Å². The summed E-state index contributed by atoms with van der Waals surface area (Å²) in [6.07, 6.45) is 5.05. The lowest BCUT2D eigenvalue weighted by Gasteiger charge is -2.34. The molecule has 0 rings (SSSR count). The number of hydrogen-bond donors (Lipinski definition) is 0. The van der Waals surface area contributed by atoms with E-state index in [1.807, 2.05) is 19.9 Å². The second-order valence-corrected chi connectivity index (χ2v) is 6.84. The van der Waals surface area contributed by atoms with Crippen molar-refractivity contribution in [2.45, 2.75) is 33.6 Å². The second kappa shape index (κ2) is 8.12. The highest BCUT2D eigenvalue weighted by atomic mass is 31.3. The first-order valence-corrected chi connectivity index (χ1v) is 8.42. The molecule has 0 aliphatic rings. The molecular formula is C10H17O7P2-3. The van der Waals surface area contributed by atoms with Crippen molar-refractivity contribution in [1.29, 1.82) is 0 Å². The first-order chi connectivity index (χ1) is 8.52. The third-order valence-electron chi connectivity index (χ3n) is 1.96. The van der Waals surface area contributed by atoms with Gasteiger partial charge >= 0.3 is 0 Å². The van der Waals surface area contributed by atoms with E-state index in [2.05, 4.69) is 8.83 Å². The summed E-state index contributed by atoms with van der Waals surface area (Å²) in [5, 5.41) is 0. The Labute approximate surface area is 112 Å². The van der Waals surface area contributed by atoms with Crippen LogP contribution in [0.2, 0.25) is 0 Å². The monoisotopic (exact) mass is 311 g/mol. The van der Waals surface area contributed by atoms with Gasteiger partial charge in [0.25, 0.3) is 7.82 Å². The predicted molar refractivity (Wildman–Crippen MR) is 64.7 cm³/mol. The van der Waals surface area contributed by atoms with Crippen LogP contribution in [-0.4, -0.2) is 6.61 Å². The zero-order chi connectivity index (χ0) is 15.1. The fourth-order valence-electron chi connectivity index (χ4n) is 1.11. The molecule has 0 N–H and O–H groups in total. The van der Waals surface area contributed by atoms with Gasteiger partial charge in [0.15, 0.2) is 0 Å². The topological polar surface area (TPSA) is 122 Å². The van der Waals surface area contributed by atoms with E-state index in [0.29, 0.717) is 0 Å². The van der Waals surface area contributed by atoms with Crippen LogP contribution >= 0.6 is 15.6 Å². The molecule has 0 aromatic rings. The maximum absolute atomic E-state index is 10.9. The Bertz CT molecular complexity index is 431.